The topological polar surface area (TPSA) is 105 Å². The van der Waals surface area contributed by atoms with Gasteiger partial charge in [0.25, 0.3) is 0 Å². The number of aromatic amines is 1. The smallest absolute Gasteiger partial charge is 0.328 e. The van der Waals surface area contributed by atoms with Crippen LogP contribution in [0.1, 0.15) is 16.8 Å². The highest BCUT2D eigenvalue weighted by atomic mass is 16.5. The first-order chi connectivity index (χ1) is 17.2. The second-order valence-corrected chi connectivity index (χ2v) is 8.01. The molecule has 8 heteroatoms. The molecule has 5 rings (SSSR count). The van der Waals surface area contributed by atoms with E-state index in [-0.39, 0.29) is 13.0 Å². The number of ether oxygens (including phenoxy) is 1. The Kier molecular flexibility index (Phi) is 6.34. The molecule has 3 aromatic carbocycles. The highest BCUT2D eigenvalue weighted by molar-refractivity contribution is 5.87. The zero-order valence-electron chi connectivity index (χ0n) is 18.8. The minimum Gasteiger partial charge on any atom is -0.486 e. The molecule has 35 heavy (non-hydrogen) atoms. The summed E-state index contributed by atoms with van der Waals surface area (Å²) >= 11 is 0. The predicted molar refractivity (Wildman–Crippen MR) is 133 cm³/mol. The van der Waals surface area contributed by atoms with E-state index in [2.05, 4.69) is 20.3 Å². The molecule has 0 saturated carbocycles. The van der Waals surface area contributed by atoms with Crippen molar-refractivity contribution in [3.05, 3.63) is 108 Å². The van der Waals surface area contributed by atoms with Crippen LogP contribution in [-0.2, 0) is 17.8 Å². The van der Waals surface area contributed by atoms with Crippen molar-refractivity contribution >= 4 is 23.1 Å². The van der Waals surface area contributed by atoms with Gasteiger partial charge in [-0.05, 0) is 35.9 Å². The first kappa shape index (κ1) is 22.1. The van der Waals surface area contributed by atoms with E-state index in [1.54, 1.807) is 10.9 Å². The lowest BCUT2D eigenvalue weighted by Crippen LogP contribution is -2.20. The number of carbonyl (C=O) groups is 1. The van der Waals surface area contributed by atoms with Crippen LogP contribution in [0.25, 0.3) is 16.6 Å². The van der Waals surface area contributed by atoms with E-state index < -0.39 is 12.0 Å². The summed E-state index contributed by atoms with van der Waals surface area (Å²) in [6, 6.07) is 24.0. The molecule has 2 heterocycles. The zero-order chi connectivity index (χ0) is 24.0. The number of nitrogens with one attached hydrogen (secondary N) is 1. The minimum absolute atomic E-state index is 0.218. The molecule has 0 aliphatic heterocycles. The number of rotatable bonds is 9. The Morgan fingerprint density at radius 3 is 2.69 bits per heavy atom. The number of hydrogen-bond acceptors (Lipinski definition) is 5. The molecule has 0 spiro atoms. The fraction of sp³-hybridized carbons (Fsp3) is 0.111. The number of carboxylic acids is 1. The van der Waals surface area contributed by atoms with E-state index in [4.69, 9.17) is 4.74 Å². The fourth-order valence-corrected chi connectivity index (χ4v) is 3.82. The van der Waals surface area contributed by atoms with Crippen molar-refractivity contribution < 1.29 is 14.6 Å². The van der Waals surface area contributed by atoms with E-state index in [1.807, 2.05) is 91.3 Å². The van der Waals surface area contributed by atoms with Gasteiger partial charge in [-0.2, -0.15) is 0 Å². The normalized spacial score (nSPS) is 12.2. The van der Waals surface area contributed by atoms with Crippen molar-refractivity contribution in [1.29, 1.82) is 0 Å². The van der Waals surface area contributed by atoms with Gasteiger partial charge in [0.2, 0.25) is 0 Å². The van der Waals surface area contributed by atoms with E-state index >= 15 is 0 Å². The molecular formula is C27H23N5O3. The highest BCUT2D eigenvalue weighted by Gasteiger charge is 2.18. The number of fused-ring (bicyclic) bond motifs is 1. The van der Waals surface area contributed by atoms with Gasteiger partial charge in [-0.1, -0.05) is 53.7 Å². The summed E-state index contributed by atoms with van der Waals surface area (Å²) < 4.78 is 7.66. The van der Waals surface area contributed by atoms with Crippen LogP contribution in [0.2, 0.25) is 0 Å². The maximum Gasteiger partial charge on any atom is 0.328 e. The van der Waals surface area contributed by atoms with Crippen molar-refractivity contribution in [3.8, 4) is 11.4 Å². The van der Waals surface area contributed by atoms with Gasteiger partial charge in [-0.25, -0.2) is 9.48 Å². The standard InChI is InChI=1S/C27H23N5O3/c33-27(34)25(14-20-16-28-24-12-6-5-11-23(20)24)29-15-19-8-4-7-13-26(19)35-18-21-17-32(31-30-21)22-9-2-1-3-10-22/h1-13,15-17,25,28H,14,18H2,(H,33,34)/t25-/m0/s1. The quantitative estimate of drug-likeness (QED) is 0.313. The Morgan fingerprint density at radius 2 is 1.83 bits per heavy atom. The van der Waals surface area contributed by atoms with Crippen LogP contribution in [0.4, 0.5) is 0 Å². The summed E-state index contributed by atoms with van der Waals surface area (Å²) in [5.41, 5.74) is 4.15. The molecular weight excluding hydrogens is 442 g/mol. The number of hydrogen-bond donors (Lipinski definition) is 2. The molecule has 174 valence electrons. The number of aliphatic imine (C=N–C) groups is 1. The van der Waals surface area contributed by atoms with Gasteiger partial charge in [0.05, 0.1) is 11.9 Å². The molecule has 0 fully saturated rings. The van der Waals surface area contributed by atoms with Crippen molar-refractivity contribution in [1.82, 2.24) is 20.0 Å². The van der Waals surface area contributed by atoms with Gasteiger partial charge >= 0.3 is 5.97 Å². The second-order valence-electron chi connectivity index (χ2n) is 8.01. The van der Waals surface area contributed by atoms with Crippen LogP contribution in [0.15, 0.2) is 96.2 Å². The van der Waals surface area contributed by atoms with Crippen molar-refractivity contribution in [2.24, 2.45) is 4.99 Å². The van der Waals surface area contributed by atoms with Gasteiger partial charge in [0.1, 0.15) is 18.1 Å². The number of carboxylic acid groups (broad SMARTS) is 1. The van der Waals surface area contributed by atoms with Crippen LogP contribution < -0.4 is 4.74 Å². The van der Waals surface area contributed by atoms with E-state index in [9.17, 15) is 9.90 Å². The number of H-pyrrole nitrogens is 1. The molecule has 2 aromatic heterocycles. The van der Waals surface area contributed by atoms with Gasteiger partial charge in [-0.15, -0.1) is 5.10 Å². The van der Waals surface area contributed by atoms with Crippen LogP contribution in [0.5, 0.6) is 5.75 Å². The van der Waals surface area contributed by atoms with Crippen molar-refractivity contribution in [2.45, 2.75) is 19.1 Å². The lowest BCUT2D eigenvalue weighted by Gasteiger charge is -2.09. The minimum atomic E-state index is -0.984. The predicted octanol–water partition coefficient (Wildman–Crippen LogP) is 4.44. The number of para-hydroxylation sites is 3. The van der Waals surface area contributed by atoms with Crippen LogP contribution in [0, 0.1) is 0 Å². The summed E-state index contributed by atoms with van der Waals surface area (Å²) in [6.07, 6.45) is 5.49. The average molecular weight is 466 g/mol. The molecule has 0 aliphatic carbocycles. The van der Waals surface area contributed by atoms with Gasteiger partial charge in [0, 0.05) is 35.3 Å². The van der Waals surface area contributed by atoms with E-state index in [0.29, 0.717) is 17.0 Å². The molecule has 0 unspecified atom stereocenters. The maximum atomic E-state index is 11.9. The monoisotopic (exact) mass is 465 g/mol. The van der Waals surface area contributed by atoms with Crippen LogP contribution in [-0.4, -0.2) is 43.3 Å². The van der Waals surface area contributed by atoms with Gasteiger partial charge < -0.3 is 14.8 Å². The summed E-state index contributed by atoms with van der Waals surface area (Å²) in [6.45, 7) is 0.218. The molecule has 5 aromatic rings. The van der Waals surface area contributed by atoms with Crippen molar-refractivity contribution in [3.63, 3.8) is 0 Å². The Morgan fingerprint density at radius 1 is 1.06 bits per heavy atom. The lowest BCUT2D eigenvalue weighted by atomic mass is 10.1. The van der Waals surface area contributed by atoms with Crippen molar-refractivity contribution in [2.75, 3.05) is 0 Å². The molecule has 0 radical (unpaired) electrons. The van der Waals surface area contributed by atoms with E-state index in [1.165, 1.54) is 0 Å². The summed E-state index contributed by atoms with van der Waals surface area (Å²) in [5, 5.41) is 19.1. The molecule has 0 amide bonds. The number of nitrogens with zero attached hydrogens (tertiary/aromatic N) is 4. The number of benzene rings is 3. The molecule has 2 N–H and O–H groups in total. The van der Waals surface area contributed by atoms with Crippen LogP contribution >= 0.6 is 0 Å². The first-order valence-electron chi connectivity index (χ1n) is 11.2. The maximum absolute atomic E-state index is 11.9. The third-order valence-corrected chi connectivity index (χ3v) is 5.62. The van der Waals surface area contributed by atoms with Gasteiger partial charge in [-0.3, -0.25) is 4.99 Å². The highest BCUT2D eigenvalue weighted by Crippen LogP contribution is 2.21. The fourth-order valence-electron chi connectivity index (χ4n) is 3.82. The zero-order valence-corrected chi connectivity index (χ0v) is 18.8. The molecule has 1 atom stereocenters. The molecule has 0 aliphatic rings. The second kappa shape index (κ2) is 10.0. The van der Waals surface area contributed by atoms with E-state index in [0.717, 1.165) is 22.2 Å². The van der Waals surface area contributed by atoms with Gasteiger partial charge in [0.15, 0.2) is 6.04 Å². The molecule has 0 bridgehead atoms. The first-order valence-corrected chi connectivity index (χ1v) is 11.2. The Balaban J connectivity index is 1.29. The Hall–Kier alpha value is -4.72. The molecule has 0 saturated heterocycles. The number of aliphatic carboxylic acids is 1. The SMILES string of the molecule is O=C(O)[C@H](Cc1c[nH]c2ccccc12)N=Cc1ccccc1OCc1cn(-c2ccccc2)nn1. The summed E-state index contributed by atoms with van der Waals surface area (Å²) in [5.74, 6) is -0.399. The lowest BCUT2D eigenvalue weighted by molar-refractivity contribution is -0.138. The third-order valence-electron chi connectivity index (χ3n) is 5.62. The average Bonchev–Trinajstić information content (AvgIpc) is 3.53. The Bertz CT molecular complexity index is 1470. The summed E-state index contributed by atoms with van der Waals surface area (Å²) in [4.78, 5) is 19.5. The largest absolute Gasteiger partial charge is 0.486 e. The number of aromatic nitrogens is 4. The Labute approximate surface area is 201 Å². The molecule has 8 nitrogen and oxygen atoms in total. The third kappa shape index (κ3) is 5.11. The summed E-state index contributed by atoms with van der Waals surface area (Å²) in [7, 11) is 0. The van der Waals surface area contributed by atoms with Crippen LogP contribution in [0.3, 0.4) is 0 Å².